The van der Waals surface area contributed by atoms with E-state index in [0.29, 0.717) is 17.4 Å². The van der Waals surface area contributed by atoms with Crippen LogP contribution in [0, 0.1) is 23.7 Å². The number of hydrogen-bond acceptors (Lipinski definition) is 13. The van der Waals surface area contributed by atoms with Gasteiger partial charge in [-0.05, 0) is 56.3 Å². The average Bonchev–Trinajstić information content (AvgIpc) is 3.45. The number of fused-ring (bicyclic) bond motifs is 1. The van der Waals surface area contributed by atoms with Crippen molar-refractivity contribution in [1.29, 1.82) is 0 Å². The summed E-state index contributed by atoms with van der Waals surface area (Å²) in [5.41, 5.74) is 2.01. The van der Waals surface area contributed by atoms with Gasteiger partial charge >= 0.3 is 29.8 Å². The predicted octanol–water partition coefficient (Wildman–Crippen LogP) is 3.15. The van der Waals surface area contributed by atoms with Crippen molar-refractivity contribution in [3.63, 3.8) is 0 Å². The second-order valence-electron chi connectivity index (χ2n) is 12.3. The predicted molar refractivity (Wildman–Crippen MR) is 158 cm³/mol. The van der Waals surface area contributed by atoms with Gasteiger partial charge < -0.3 is 28.4 Å². The van der Waals surface area contributed by atoms with E-state index in [0.717, 1.165) is 46.5 Å². The topological polar surface area (TPSA) is 171 Å². The average molecular weight is 646 g/mol. The highest BCUT2D eigenvalue weighted by Crippen LogP contribution is 2.47. The van der Waals surface area contributed by atoms with Gasteiger partial charge in [0, 0.05) is 33.3 Å². The molecule has 0 spiro atoms. The lowest BCUT2D eigenvalue weighted by molar-refractivity contribution is -0.270. The third-order valence-electron chi connectivity index (χ3n) is 8.82. The van der Waals surface area contributed by atoms with Crippen molar-refractivity contribution in [3.8, 4) is 0 Å². The summed E-state index contributed by atoms with van der Waals surface area (Å²) in [6.45, 7) is 12.5. The van der Waals surface area contributed by atoms with Crippen LogP contribution < -0.4 is 0 Å². The molecule has 3 aliphatic rings. The molecule has 2 heterocycles. The number of allylic oxidation sites excluding steroid dienone is 2. The van der Waals surface area contributed by atoms with Crippen LogP contribution in [0.1, 0.15) is 79.1 Å². The molecule has 0 aromatic carbocycles. The van der Waals surface area contributed by atoms with E-state index < -0.39 is 60.5 Å². The Labute approximate surface area is 267 Å². The van der Waals surface area contributed by atoms with Crippen molar-refractivity contribution >= 4 is 29.8 Å². The molecule has 5 unspecified atom stereocenters. The van der Waals surface area contributed by atoms with Crippen LogP contribution in [0.15, 0.2) is 30.0 Å². The Balaban J connectivity index is 1.52. The quantitative estimate of drug-likeness (QED) is 0.157. The summed E-state index contributed by atoms with van der Waals surface area (Å²) in [6.07, 6.45) is 1.34. The van der Waals surface area contributed by atoms with Crippen LogP contribution in [0.5, 0.6) is 0 Å². The van der Waals surface area contributed by atoms with Gasteiger partial charge in [-0.1, -0.05) is 30.4 Å². The number of esters is 5. The molecular weight excluding hydrogens is 602 g/mol. The van der Waals surface area contributed by atoms with Crippen molar-refractivity contribution < 1.29 is 52.4 Å². The highest BCUT2D eigenvalue weighted by molar-refractivity contribution is 5.88. The molecule has 0 amide bonds. The molecule has 46 heavy (non-hydrogen) atoms. The maximum absolute atomic E-state index is 13.2. The minimum absolute atomic E-state index is 0.00251. The molecule has 4 rings (SSSR count). The summed E-state index contributed by atoms with van der Waals surface area (Å²) in [4.78, 5) is 61.0. The molecule has 1 aromatic heterocycles. The summed E-state index contributed by atoms with van der Waals surface area (Å²) < 4.78 is 34.4. The van der Waals surface area contributed by atoms with Crippen LogP contribution in [-0.4, -0.2) is 75.9 Å². The van der Waals surface area contributed by atoms with Crippen LogP contribution in [0.25, 0.3) is 0 Å². The lowest BCUT2D eigenvalue weighted by Gasteiger charge is -2.44. The van der Waals surface area contributed by atoms with Crippen molar-refractivity contribution in [2.45, 2.75) is 104 Å². The van der Waals surface area contributed by atoms with Gasteiger partial charge in [-0.25, -0.2) is 9.48 Å². The Kier molecular flexibility index (Phi) is 11.4. The van der Waals surface area contributed by atoms with E-state index in [1.54, 1.807) is 0 Å². The SMILES string of the molecule is C=C(C(=O)OCc1cn(C2OC(COC(C)=O)C(OC(C)=O)C(OC(C)=O)C2OC(C)=O)nn1)[C@@H]1CC[C@@H](C)[C@@H]2CCC(C)=C[C@@H]21. The fraction of sp³-hybridized carbons (Fsp3) is 0.656. The van der Waals surface area contributed by atoms with Gasteiger partial charge in [-0.2, -0.15) is 0 Å². The maximum atomic E-state index is 13.2. The molecule has 0 radical (unpaired) electrons. The second-order valence-corrected chi connectivity index (χ2v) is 12.3. The van der Waals surface area contributed by atoms with Gasteiger partial charge in [0.2, 0.25) is 0 Å². The van der Waals surface area contributed by atoms with Crippen LogP contribution in [0.3, 0.4) is 0 Å². The zero-order chi connectivity index (χ0) is 33.7. The van der Waals surface area contributed by atoms with Gasteiger partial charge in [0.1, 0.15) is 25.0 Å². The zero-order valence-electron chi connectivity index (χ0n) is 27.1. The first-order valence-corrected chi connectivity index (χ1v) is 15.5. The molecule has 1 saturated heterocycles. The third-order valence-corrected chi connectivity index (χ3v) is 8.82. The number of hydrogen-bond donors (Lipinski definition) is 0. The van der Waals surface area contributed by atoms with Crippen molar-refractivity contribution in [1.82, 2.24) is 15.0 Å². The van der Waals surface area contributed by atoms with Crippen molar-refractivity contribution in [3.05, 3.63) is 35.7 Å². The molecule has 0 N–H and O–H groups in total. The molecule has 14 heteroatoms. The lowest BCUT2D eigenvalue weighted by atomic mass is 9.61. The number of rotatable bonds is 10. The van der Waals surface area contributed by atoms with Crippen molar-refractivity contribution in [2.75, 3.05) is 6.61 Å². The van der Waals surface area contributed by atoms with Gasteiger partial charge in [-0.15, -0.1) is 5.10 Å². The van der Waals surface area contributed by atoms with E-state index in [9.17, 15) is 24.0 Å². The van der Waals surface area contributed by atoms with E-state index in [1.165, 1.54) is 23.4 Å². The molecule has 1 aromatic rings. The number of carbonyl (C=O) groups excluding carboxylic acids is 5. The Bertz CT molecular complexity index is 1370. The highest BCUT2D eigenvalue weighted by Gasteiger charge is 2.53. The number of ether oxygens (including phenoxy) is 6. The van der Waals surface area contributed by atoms with E-state index in [-0.39, 0.29) is 30.7 Å². The number of aromatic nitrogens is 3. The van der Waals surface area contributed by atoms with E-state index in [2.05, 4.69) is 36.8 Å². The van der Waals surface area contributed by atoms with Gasteiger partial charge in [0.15, 0.2) is 24.5 Å². The van der Waals surface area contributed by atoms with E-state index in [4.69, 9.17) is 28.4 Å². The molecule has 9 atom stereocenters. The van der Waals surface area contributed by atoms with Crippen LogP contribution >= 0.6 is 0 Å². The number of nitrogens with zero attached hydrogens (tertiary/aromatic N) is 3. The molecule has 1 saturated carbocycles. The maximum Gasteiger partial charge on any atom is 0.334 e. The Morgan fingerprint density at radius 2 is 1.57 bits per heavy atom. The molecule has 14 nitrogen and oxygen atoms in total. The highest BCUT2D eigenvalue weighted by atomic mass is 16.7. The first kappa shape index (κ1) is 34.8. The monoisotopic (exact) mass is 645 g/mol. The van der Waals surface area contributed by atoms with Crippen molar-refractivity contribution in [2.24, 2.45) is 23.7 Å². The molecule has 1 aliphatic heterocycles. The molecule has 2 fully saturated rings. The van der Waals surface area contributed by atoms with Crippen LogP contribution in [-0.2, 0) is 59.0 Å². The zero-order valence-corrected chi connectivity index (χ0v) is 27.1. The standard InChI is InChI=1S/C32H43N3O11/c1-16-8-10-24-17(2)9-11-25(26(24)12-16)18(3)32(40)42-14-23-13-35(34-33-23)31-30(45-22(7)39)29(44-21(6)38)28(43-20(5)37)27(46-31)15-41-19(4)36/h12-13,17,24-31H,3,8-11,14-15H2,1-2,4-7H3/t17-,24+,25+,26+,27?,28?,29?,30?,31?/m1/s1. The van der Waals surface area contributed by atoms with Crippen LogP contribution in [0.4, 0.5) is 0 Å². The molecular formula is C32H43N3O11. The first-order chi connectivity index (χ1) is 21.7. The van der Waals surface area contributed by atoms with Gasteiger partial charge in [0.25, 0.3) is 0 Å². The van der Waals surface area contributed by atoms with Gasteiger partial charge in [-0.3, -0.25) is 19.2 Å². The van der Waals surface area contributed by atoms with E-state index in [1.807, 2.05) is 0 Å². The minimum atomic E-state index is -1.36. The number of carbonyl (C=O) groups is 5. The summed E-state index contributed by atoms with van der Waals surface area (Å²) >= 11 is 0. The lowest BCUT2D eigenvalue weighted by Crippen LogP contribution is -2.60. The summed E-state index contributed by atoms with van der Waals surface area (Å²) in [5.74, 6) is -2.05. The van der Waals surface area contributed by atoms with Crippen LogP contribution in [0.2, 0.25) is 0 Å². The second kappa shape index (κ2) is 15.0. The Hall–Kier alpha value is -4.07. The minimum Gasteiger partial charge on any atom is -0.463 e. The smallest absolute Gasteiger partial charge is 0.334 e. The fourth-order valence-corrected chi connectivity index (χ4v) is 6.76. The summed E-state index contributed by atoms with van der Waals surface area (Å²) in [7, 11) is 0. The Morgan fingerprint density at radius 3 is 2.22 bits per heavy atom. The van der Waals surface area contributed by atoms with Gasteiger partial charge in [0.05, 0.1) is 6.20 Å². The summed E-state index contributed by atoms with van der Waals surface area (Å²) in [6, 6.07) is 0. The largest absolute Gasteiger partial charge is 0.463 e. The first-order valence-electron chi connectivity index (χ1n) is 15.5. The summed E-state index contributed by atoms with van der Waals surface area (Å²) in [5, 5.41) is 8.17. The molecule has 252 valence electrons. The Morgan fingerprint density at radius 1 is 0.913 bits per heavy atom. The van der Waals surface area contributed by atoms with E-state index >= 15 is 0 Å². The fourth-order valence-electron chi connectivity index (χ4n) is 6.76. The normalized spacial score (nSPS) is 30.6. The third kappa shape index (κ3) is 8.39. The molecule has 0 bridgehead atoms. The molecule has 2 aliphatic carbocycles.